The number of amides is 2. The van der Waals surface area contributed by atoms with Crippen molar-refractivity contribution in [3.8, 4) is 11.5 Å². The maximum absolute atomic E-state index is 14.1. The van der Waals surface area contributed by atoms with Crippen LogP contribution in [0, 0.1) is 5.82 Å². The van der Waals surface area contributed by atoms with Gasteiger partial charge in [-0.25, -0.2) is 9.18 Å². The summed E-state index contributed by atoms with van der Waals surface area (Å²) in [5.41, 5.74) is 1.17. The Labute approximate surface area is 183 Å². The molecule has 1 fully saturated rings. The molecule has 0 aromatic heterocycles. The summed E-state index contributed by atoms with van der Waals surface area (Å²) in [6.45, 7) is 7.78. The predicted octanol–water partition coefficient (Wildman–Crippen LogP) is 3.65. The average Bonchev–Trinajstić information content (AvgIpc) is 2.78. The summed E-state index contributed by atoms with van der Waals surface area (Å²) < 4.78 is 24.9. The summed E-state index contributed by atoms with van der Waals surface area (Å²) in [6, 6.07) is 12.4. The van der Waals surface area contributed by atoms with Crippen LogP contribution in [0.2, 0.25) is 0 Å². The maximum Gasteiger partial charge on any atom is 0.317 e. The van der Waals surface area contributed by atoms with Crippen LogP contribution in [0.4, 0.5) is 9.18 Å². The SMILES string of the molecule is COc1ccc(OC)c(CN2CCN(C(=O)NCC(C)(C)c3ccccc3F)CC2)c1. The fourth-order valence-electron chi connectivity index (χ4n) is 3.87. The van der Waals surface area contributed by atoms with Gasteiger partial charge in [-0.2, -0.15) is 0 Å². The van der Waals surface area contributed by atoms with Crippen LogP contribution in [0.15, 0.2) is 42.5 Å². The standard InChI is InChI=1S/C24H32FN3O3/c1-24(2,20-7-5-6-8-21(20)25)17-26-23(29)28-13-11-27(12-14-28)16-18-15-19(30-3)9-10-22(18)31-4/h5-10,15H,11-14,16-17H2,1-4H3,(H,26,29). The number of methoxy groups -OCH3 is 2. The van der Waals surface area contributed by atoms with E-state index >= 15 is 0 Å². The number of hydrogen-bond donors (Lipinski definition) is 1. The first-order valence-corrected chi connectivity index (χ1v) is 10.5. The number of carbonyl (C=O) groups is 1. The van der Waals surface area contributed by atoms with Crippen LogP contribution in [0.3, 0.4) is 0 Å². The second-order valence-electron chi connectivity index (χ2n) is 8.46. The van der Waals surface area contributed by atoms with Crippen LogP contribution < -0.4 is 14.8 Å². The number of nitrogens with zero attached hydrogens (tertiary/aromatic N) is 2. The zero-order valence-corrected chi connectivity index (χ0v) is 18.8. The zero-order valence-electron chi connectivity index (χ0n) is 18.8. The summed E-state index contributed by atoms with van der Waals surface area (Å²) in [6.07, 6.45) is 0. The van der Waals surface area contributed by atoms with Crippen molar-refractivity contribution >= 4 is 6.03 Å². The number of ether oxygens (including phenoxy) is 2. The molecule has 0 bridgehead atoms. The molecule has 2 aromatic rings. The number of halogens is 1. The molecule has 1 heterocycles. The second-order valence-corrected chi connectivity index (χ2v) is 8.46. The van der Waals surface area contributed by atoms with Gasteiger partial charge in [0, 0.05) is 50.2 Å². The Bertz CT molecular complexity index is 895. The van der Waals surface area contributed by atoms with Crippen molar-refractivity contribution in [3.05, 3.63) is 59.4 Å². The number of hydrogen-bond acceptors (Lipinski definition) is 4. The number of rotatable bonds is 7. The van der Waals surface area contributed by atoms with Gasteiger partial charge in [-0.05, 0) is 29.8 Å². The molecule has 0 spiro atoms. The Kier molecular flexibility index (Phi) is 7.38. The van der Waals surface area contributed by atoms with Crippen molar-refractivity contribution in [3.63, 3.8) is 0 Å². The molecule has 1 N–H and O–H groups in total. The van der Waals surface area contributed by atoms with Gasteiger partial charge >= 0.3 is 6.03 Å². The van der Waals surface area contributed by atoms with Gasteiger partial charge in [0.1, 0.15) is 17.3 Å². The molecule has 0 atom stereocenters. The lowest BCUT2D eigenvalue weighted by atomic mass is 9.84. The van der Waals surface area contributed by atoms with Crippen LogP contribution in [-0.4, -0.2) is 62.8 Å². The Hall–Kier alpha value is -2.80. The highest BCUT2D eigenvalue weighted by molar-refractivity contribution is 5.74. The second kappa shape index (κ2) is 10.0. The molecular formula is C24H32FN3O3. The summed E-state index contributed by atoms with van der Waals surface area (Å²) >= 11 is 0. The van der Waals surface area contributed by atoms with E-state index in [4.69, 9.17) is 9.47 Å². The predicted molar refractivity (Wildman–Crippen MR) is 119 cm³/mol. The molecule has 1 saturated heterocycles. The van der Waals surface area contributed by atoms with Gasteiger partial charge in [0.25, 0.3) is 0 Å². The molecule has 1 aliphatic rings. The van der Waals surface area contributed by atoms with E-state index in [0.717, 1.165) is 36.7 Å². The highest BCUT2D eigenvalue weighted by Crippen LogP contribution is 2.26. The fraction of sp³-hybridized carbons (Fsp3) is 0.458. The molecule has 0 saturated carbocycles. The highest BCUT2D eigenvalue weighted by Gasteiger charge is 2.27. The molecule has 6 nitrogen and oxygen atoms in total. The number of carbonyl (C=O) groups excluding carboxylic acids is 1. The molecule has 0 aliphatic carbocycles. The summed E-state index contributed by atoms with van der Waals surface area (Å²) in [4.78, 5) is 16.8. The lowest BCUT2D eigenvalue weighted by Crippen LogP contribution is -2.52. The third-order valence-electron chi connectivity index (χ3n) is 5.83. The third-order valence-corrected chi connectivity index (χ3v) is 5.83. The fourth-order valence-corrected chi connectivity index (χ4v) is 3.87. The maximum atomic E-state index is 14.1. The Morgan fingerprint density at radius 2 is 1.77 bits per heavy atom. The first-order valence-electron chi connectivity index (χ1n) is 10.5. The summed E-state index contributed by atoms with van der Waals surface area (Å²) in [7, 11) is 3.31. The monoisotopic (exact) mass is 429 g/mol. The van der Waals surface area contributed by atoms with E-state index in [9.17, 15) is 9.18 Å². The number of nitrogens with one attached hydrogen (secondary N) is 1. The van der Waals surface area contributed by atoms with Gasteiger partial charge in [0.2, 0.25) is 0 Å². The minimum atomic E-state index is -0.494. The van der Waals surface area contributed by atoms with E-state index in [1.165, 1.54) is 6.07 Å². The van der Waals surface area contributed by atoms with Crippen LogP contribution in [0.25, 0.3) is 0 Å². The van der Waals surface area contributed by atoms with Gasteiger partial charge in [-0.15, -0.1) is 0 Å². The molecule has 7 heteroatoms. The molecule has 31 heavy (non-hydrogen) atoms. The van der Waals surface area contributed by atoms with Gasteiger partial charge in [0.15, 0.2) is 0 Å². The van der Waals surface area contributed by atoms with Crippen molar-refractivity contribution < 1.29 is 18.7 Å². The first kappa shape index (κ1) is 22.9. The van der Waals surface area contributed by atoms with Gasteiger partial charge < -0.3 is 19.7 Å². The number of piperazine rings is 1. The molecule has 0 unspecified atom stereocenters. The quantitative estimate of drug-likeness (QED) is 0.730. The number of urea groups is 1. The largest absolute Gasteiger partial charge is 0.497 e. The van der Waals surface area contributed by atoms with Gasteiger partial charge in [-0.1, -0.05) is 32.0 Å². The molecule has 0 radical (unpaired) electrons. The van der Waals surface area contributed by atoms with Crippen molar-refractivity contribution in [1.82, 2.24) is 15.1 Å². The minimum absolute atomic E-state index is 0.108. The molecular weight excluding hydrogens is 397 g/mol. The third kappa shape index (κ3) is 5.67. The molecule has 2 amide bonds. The first-order chi connectivity index (χ1) is 14.8. The van der Waals surface area contributed by atoms with Crippen LogP contribution in [-0.2, 0) is 12.0 Å². The van der Waals surface area contributed by atoms with Crippen molar-refractivity contribution in [2.75, 3.05) is 46.9 Å². The lowest BCUT2D eigenvalue weighted by Gasteiger charge is -2.36. The van der Waals surface area contributed by atoms with E-state index < -0.39 is 5.41 Å². The van der Waals surface area contributed by atoms with E-state index in [1.807, 2.05) is 43.0 Å². The van der Waals surface area contributed by atoms with Gasteiger partial charge in [0.05, 0.1) is 14.2 Å². The molecule has 168 valence electrons. The topological polar surface area (TPSA) is 54.0 Å². The Morgan fingerprint density at radius 1 is 1.06 bits per heavy atom. The smallest absolute Gasteiger partial charge is 0.317 e. The van der Waals surface area contributed by atoms with E-state index in [2.05, 4.69) is 10.2 Å². The lowest BCUT2D eigenvalue weighted by molar-refractivity contribution is 0.133. The van der Waals surface area contributed by atoms with E-state index in [0.29, 0.717) is 25.2 Å². The van der Waals surface area contributed by atoms with Crippen LogP contribution in [0.5, 0.6) is 11.5 Å². The summed E-state index contributed by atoms with van der Waals surface area (Å²) in [5.74, 6) is 1.38. The zero-order chi connectivity index (χ0) is 22.4. The Balaban J connectivity index is 1.52. The van der Waals surface area contributed by atoms with Crippen LogP contribution in [0.1, 0.15) is 25.0 Å². The van der Waals surface area contributed by atoms with Crippen molar-refractivity contribution in [2.24, 2.45) is 0 Å². The summed E-state index contributed by atoms with van der Waals surface area (Å²) in [5, 5.41) is 2.98. The highest BCUT2D eigenvalue weighted by atomic mass is 19.1. The van der Waals surface area contributed by atoms with Gasteiger partial charge in [-0.3, -0.25) is 4.90 Å². The van der Waals surface area contributed by atoms with E-state index in [-0.39, 0.29) is 11.8 Å². The minimum Gasteiger partial charge on any atom is -0.497 e. The molecule has 1 aliphatic heterocycles. The van der Waals surface area contributed by atoms with Crippen LogP contribution >= 0.6 is 0 Å². The Morgan fingerprint density at radius 3 is 2.42 bits per heavy atom. The molecule has 3 rings (SSSR count). The van der Waals surface area contributed by atoms with E-state index in [1.54, 1.807) is 26.4 Å². The molecule has 2 aromatic carbocycles. The van der Waals surface area contributed by atoms with Crippen molar-refractivity contribution in [2.45, 2.75) is 25.8 Å². The average molecular weight is 430 g/mol. The van der Waals surface area contributed by atoms with Crippen molar-refractivity contribution in [1.29, 1.82) is 0 Å². The normalized spacial score (nSPS) is 14.9. The number of benzene rings is 2.